The number of aliphatic hydroxyl groups is 2. The standard InChI is InChI=1S/C23H29N3O3S/c27-16-22(28)24-13-3-14-26(18-8-9-18)15-12-17-6-10-19(11-7-17)29-23-25-20-4-1-2-5-21(20)30-23/h1-2,4-7,10-11,18,22,24,27-28H,3,8-9,12-16H2. The molecule has 3 N–H and O–H groups in total. The summed E-state index contributed by atoms with van der Waals surface area (Å²) in [6.45, 7) is 2.51. The third-order valence-electron chi connectivity index (χ3n) is 5.33. The molecule has 7 heteroatoms. The highest BCUT2D eigenvalue weighted by molar-refractivity contribution is 7.20. The predicted molar refractivity (Wildman–Crippen MR) is 120 cm³/mol. The molecule has 1 heterocycles. The molecule has 6 nitrogen and oxygen atoms in total. The van der Waals surface area contributed by atoms with Gasteiger partial charge in [-0.3, -0.25) is 5.32 Å². The zero-order chi connectivity index (χ0) is 20.8. The summed E-state index contributed by atoms with van der Waals surface area (Å²) in [6.07, 6.45) is 3.71. The second-order valence-electron chi connectivity index (χ2n) is 7.72. The number of thiazole rings is 1. The summed E-state index contributed by atoms with van der Waals surface area (Å²) in [4.78, 5) is 7.06. The highest BCUT2D eigenvalue weighted by Crippen LogP contribution is 2.31. The van der Waals surface area contributed by atoms with Gasteiger partial charge in [-0.1, -0.05) is 35.6 Å². The first-order valence-corrected chi connectivity index (χ1v) is 11.4. The fourth-order valence-electron chi connectivity index (χ4n) is 3.52. The maximum atomic E-state index is 9.36. The van der Waals surface area contributed by atoms with Crippen molar-refractivity contribution in [2.75, 3.05) is 26.2 Å². The van der Waals surface area contributed by atoms with Crippen LogP contribution in [0.3, 0.4) is 0 Å². The average Bonchev–Trinajstić information content (AvgIpc) is 3.53. The third kappa shape index (κ3) is 6.00. The molecule has 1 aliphatic carbocycles. The van der Waals surface area contributed by atoms with E-state index in [-0.39, 0.29) is 6.61 Å². The van der Waals surface area contributed by atoms with Crippen LogP contribution in [-0.4, -0.2) is 58.6 Å². The first-order chi connectivity index (χ1) is 14.7. The van der Waals surface area contributed by atoms with Gasteiger partial charge in [-0.15, -0.1) is 0 Å². The number of aromatic nitrogens is 1. The third-order valence-corrected chi connectivity index (χ3v) is 6.24. The Morgan fingerprint density at radius 2 is 1.93 bits per heavy atom. The van der Waals surface area contributed by atoms with Crippen LogP contribution in [0.15, 0.2) is 48.5 Å². The van der Waals surface area contributed by atoms with Crippen LogP contribution in [0.1, 0.15) is 24.8 Å². The van der Waals surface area contributed by atoms with Crippen LogP contribution in [0.5, 0.6) is 10.9 Å². The van der Waals surface area contributed by atoms with E-state index in [2.05, 4.69) is 33.4 Å². The van der Waals surface area contributed by atoms with Crippen molar-refractivity contribution in [3.05, 3.63) is 54.1 Å². The Hall–Kier alpha value is -2.03. The lowest BCUT2D eigenvalue weighted by molar-refractivity contribution is 0.0672. The van der Waals surface area contributed by atoms with Crippen LogP contribution in [0, 0.1) is 0 Å². The van der Waals surface area contributed by atoms with E-state index < -0.39 is 6.23 Å². The molecule has 0 saturated heterocycles. The van der Waals surface area contributed by atoms with Crippen LogP contribution >= 0.6 is 11.3 Å². The second kappa shape index (κ2) is 10.3. The Morgan fingerprint density at radius 3 is 2.67 bits per heavy atom. The Balaban J connectivity index is 1.25. The first-order valence-electron chi connectivity index (χ1n) is 10.6. The van der Waals surface area contributed by atoms with Crippen LogP contribution in [0.4, 0.5) is 0 Å². The minimum atomic E-state index is -0.817. The summed E-state index contributed by atoms with van der Waals surface area (Å²) in [5, 5.41) is 21.8. The van der Waals surface area contributed by atoms with Crippen molar-refractivity contribution in [2.24, 2.45) is 0 Å². The quantitative estimate of drug-likeness (QED) is 0.304. The molecular weight excluding hydrogens is 398 g/mol. The lowest BCUT2D eigenvalue weighted by Gasteiger charge is -2.22. The van der Waals surface area contributed by atoms with Crippen molar-refractivity contribution in [1.29, 1.82) is 0 Å². The van der Waals surface area contributed by atoms with Crippen molar-refractivity contribution in [3.63, 3.8) is 0 Å². The minimum absolute atomic E-state index is 0.245. The van der Waals surface area contributed by atoms with Gasteiger partial charge in [0.05, 0.1) is 16.8 Å². The van der Waals surface area contributed by atoms with E-state index in [0.717, 1.165) is 41.9 Å². The summed E-state index contributed by atoms with van der Waals surface area (Å²) in [5.41, 5.74) is 2.27. The van der Waals surface area contributed by atoms with Gasteiger partial charge in [-0.05, 0) is 68.6 Å². The summed E-state index contributed by atoms with van der Waals surface area (Å²) in [6, 6.07) is 17.1. The number of rotatable bonds is 12. The molecule has 1 atom stereocenters. The van der Waals surface area contributed by atoms with Gasteiger partial charge in [0, 0.05) is 12.6 Å². The van der Waals surface area contributed by atoms with Crippen LogP contribution in [-0.2, 0) is 6.42 Å². The zero-order valence-electron chi connectivity index (χ0n) is 17.0. The van der Waals surface area contributed by atoms with Gasteiger partial charge < -0.3 is 19.8 Å². The molecule has 160 valence electrons. The lowest BCUT2D eigenvalue weighted by Crippen LogP contribution is -2.36. The zero-order valence-corrected chi connectivity index (χ0v) is 17.9. The predicted octanol–water partition coefficient (Wildman–Crippen LogP) is 3.39. The Morgan fingerprint density at radius 1 is 1.13 bits per heavy atom. The molecule has 0 aliphatic heterocycles. The van der Waals surface area contributed by atoms with Gasteiger partial charge in [0.25, 0.3) is 5.19 Å². The number of nitrogens with zero attached hydrogens (tertiary/aromatic N) is 2. The maximum absolute atomic E-state index is 9.36. The van der Waals surface area contributed by atoms with Crippen LogP contribution in [0.25, 0.3) is 10.2 Å². The largest absolute Gasteiger partial charge is 0.431 e. The molecule has 0 bridgehead atoms. The number of hydrogen-bond donors (Lipinski definition) is 3. The first kappa shape index (κ1) is 21.2. The topological polar surface area (TPSA) is 77.9 Å². The highest BCUT2D eigenvalue weighted by Gasteiger charge is 2.28. The number of ether oxygens (including phenoxy) is 1. The van der Waals surface area contributed by atoms with Gasteiger partial charge >= 0.3 is 0 Å². The Kier molecular flexibility index (Phi) is 7.30. The molecule has 0 spiro atoms. The molecular formula is C23H29N3O3S. The average molecular weight is 428 g/mol. The van der Waals surface area contributed by atoms with Crippen molar-refractivity contribution >= 4 is 21.6 Å². The van der Waals surface area contributed by atoms with Crippen LogP contribution in [0.2, 0.25) is 0 Å². The molecule has 1 unspecified atom stereocenters. The Bertz CT molecular complexity index is 894. The van der Waals surface area contributed by atoms with E-state index in [9.17, 15) is 5.11 Å². The van der Waals surface area contributed by atoms with Gasteiger partial charge in [0.2, 0.25) is 0 Å². The number of benzene rings is 2. The van der Waals surface area contributed by atoms with E-state index in [0.29, 0.717) is 17.8 Å². The molecule has 3 aromatic rings. The fourth-order valence-corrected chi connectivity index (χ4v) is 4.36. The van der Waals surface area contributed by atoms with Crippen molar-refractivity contribution < 1.29 is 14.9 Å². The maximum Gasteiger partial charge on any atom is 0.279 e. The summed E-state index contributed by atoms with van der Waals surface area (Å²) < 4.78 is 7.07. The molecule has 1 saturated carbocycles. The molecule has 0 amide bonds. The lowest BCUT2D eigenvalue weighted by atomic mass is 10.1. The number of para-hydroxylation sites is 1. The van der Waals surface area contributed by atoms with Crippen molar-refractivity contribution in [3.8, 4) is 10.9 Å². The monoisotopic (exact) mass is 427 g/mol. The van der Waals surface area contributed by atoms with Crippen molar-refractivity contribution in [1.82, 2.24) is 15.2 Å². The molecule has 2 aromatic carbocycles. The van der Waals surface area contributed by atoms with E-state index in [1.807, 2.05) is 30.3 Å². The second-order valence-corrected chi connectivity index (χ2v) is 8.71. The molecule has 1 aliphatic rings. The van der Waals surface area contributed by atoms with E-state index in [1.165, 1.54) is 18.4 Å². The van der Waals surface area contributed by atoms with Gasteiger partial charge in [0.15, 0.2) is 0 Å². The van der Waals surface area contributed by atoms with Crippen LogP contribution < -0.4 is 10.1 Å². The van der Waals surface area contributed by atoms with Gasteiger partial charge in [0.1, 0.15) is 12.0 Å². The van der Waals surface area contributed by atoms with E-state index in [1.54, 1.807) is 11.3 Å². The van der Waals surface area contributed by atoms with Gasteiger partial charge in [-0.2, -0.15) is 0 Å². The SMILES string of the molecule is OCC(O)NCCCN(CCc1ccc(Oc2nc3ccccc3s2)cc1)C1CC1. The number of hydrogen-bond acceptors (Lipinski definition) is 7. The molecule has 0 radical (unpaired) electrons. The van der Waals surface area contributed by atoms with E-state index in [4.69, 9.17) is 9.84 Å². The Labute approximate surface area is 181 Å². The highest BCUT2D eigenvalue weighted by atomic mass is 32.1. The number of nitrogens with one attached hydrogen (secondary N) is 1. The summed E-state index contributed by atoms with van der Waals surface area (Å²) >= 11 is 1.56. The molecule has 4 rings (SSSR count). The molecule has 1 fully saturated rings. The number of aliphatic hydroxyl groups excluding tert-OH is 2. The van der Waals surface area contributed by atoms with Crippen molar-refractivity contribution in [2.45, 2.75) is 38.0 Å². The minimum Gasteiger partial charge on any atom is -0.431 e. The number of fused-ring (bicyclic) bond motifs is 1. The summed E-state index contributed by atoms with van der Waals surface area (Å²) in [5.74, 6) is 0.811. The fraction of sp³-hybridized carbons (Fsp3) is 0.435. The molecule has 30 heavy (non-hydrogen) atoms. The normalized spacial score (nSPS) is 15.0. The van der Waals surface area contributed by atoms with Gasteiger partial charge in [-0.25, -0.2) is 4.98 Å². The smallest absolute Gasteiger partial charge is 0.279 e. The van der Waals surface area contributed by atoms with E-state index >= 15 is 0 Å². The molecule has 1 aromatic heterocycles. The summed E-state index contributed by atoms with van der Waals surface area (Å²) in [7, 11) is 0.